The zero-order valence-electron chi connectivity index (χ0n) is 14.3. The van der Waals surface area contributed by atoms with Crippen molar-refractivity contribution in [2.45, 2.75) is 19.3 Å². The largest absolute Gasteiger partial charge is 0.345 e. The summed E-state index contributed by atoms with van der Waals surface area (Å²) in [7, 11) is 5.40. The molecule has 0 aliphatic carbocycles. The van der Waals surface area contributed by atoms with E-state index in [1.807, 2.05) is 11.9 Å². The lowest BCUT2D eigenvalue weighted by Gasteiger charge is -2.32. The molecule has 2 amide bonds. The van der Waals surface area contributed by atoms with E-state index in [0.717, 1.165) is 32.5 Å². The lowest BCUT2D eigenvalue weighted by Crippen LogP contribution is -2.39. The molecule has 0 radical (unpaired) electrons. The van der Waals surface area contributed by atoms with Crippen LogP contribution >= 0.6 is 0 Å². The molecule has 23 heavy (non-hydrogen) atoms. The molecule has 5 heteroatoms. The number of piperidine rings is 1. The van der Waals surface area contributed by atoms with Crippen molar-refractivity contribution in [3.8, 4) is 0 Å². The number of carbonyl (C=O) groups excluding carboxylic acids is 2. The molecule has 1 saturated heterocycles. The molecule has 1 aliphatic rings. The third-order valence-electron chi connectivity index (χ3n) is 4.47. The topological polar surface area (TPSA) is 52.7 Å². The highest BCUT2D eigenvalue weighted by Crippen LogP contribution is 2.21. The van der Waals surface area contributed by atoms with Gasteiger partial charge in [0.05, 0.1) is 0 Å². The highest BCUT2D eigenvalue weighted by atomic mass is 16.2. The fourth-order valence-corrected chi connectivity index (χ4v) is 3.00. The SMILES string of the molecule is CNCCC1CCN(C(=O)c2cccc(C(=O)N(C)C)c2)CC1. The van der Waals surface area contributed by atoms with Gasteiger partial charge >= 0.3 is 0 Å². The quantitative estimate of drug-likeness (QED) is 0.902. The number of amides is 2. The van der Waals surface area contributed by atoms with Crippen molar-refractivity contribution in [2.24, 2.45) is 5.92 Å². The van der Waals surface area contributed by atoms with Crippen LogP contribution in [0.2, 0.25) is 0 Å². The minimum Gasteiger partial charge on any atom is -0.345 e. The Labute approximate surface area is 138 Å². The molecule has 1 N–H and O–H groups in total. The molecule has 1 aliphatic heterocycles. The van der Waals surface area contributed by atoms with Crippen LogP contribution in [0.5, 0.6) is 0 Å². The van der Waals surface area contributed by atoms with Gasteiger partial charge in [-0.2, -0.15) is 0 Å². The van der Waals surface area contributed by atoms with Gasteiger partial charge in [0.25, 0.3) is 11.8 Å². The van der Waals surface area contributed by atoms with Crippen molar-refractivity contribution in [3.05, 3.63) is 35.4 Å². The first-order valence-electron chi connectivity index (χ1n) is 8.28. The molecule has 0 aromatic heterocycles. The van der Waals surface area contributed by atoms with Crippen molar-refractivity contribution in [2.75, 3.05) is 40.8 Å². The fourth-order valence-electron chi connectivity index (χ4n) is 3.00. The van der Waals surface area contributed by atoms with Crippen LogP contribution in [0.4, 0.5) is 0 Å². The van der Waals surface area contributed by atoms with Gasteiger partial charge in [-0.15, -0.1) is 0 Å². The Balaban J connectivity index is 1.99. The molecule has 126 valence electrons. The first-order valence-corrected chi connectivity index (χ1v) is 8.28. The van der Waals surface area contributed by atoms with Gasteiger partial charge < -0.3 is 15.1 Å². The van der Waals surface area contributed by atoms with Crippen LogP contribution in [0.1, 0.15) is 40.0 Å². The zero-order valence-corrected chi connectivity index (χ0v) is 14.3. The number of benzene rings is 1. The number of hydrogen-bond acceptors (Lipinski definition) is 3. The monoisotopic (exact) mass is 317 g/mol. The van der Waals surface area contributed by atoms with Crippen molar-refractivity contribution in [1.29, 1.82) is 0 Å². The minimum atomic E-state index is -0.0783. The van der Waals surface area contributed by atoms with Crippen LogP contribution in [-0.4, -0.2) is 62.4 Å². The van der Waals surface area contributed by atoms with Crippen LogP contribution in [0.3, 0.4) is 0 Å². The molecular formula is C18H27N3O2. The smallest absolute Gasteiger partial charge is 0.253 e. The van der Waals surface area contributed by atoms with Gasteiger partial charge in [-0.05, 0) is 57.0 Å². The summed E-state index contributed by atoms with van der Waals surface area (Å²) in [6.45, 7) is 2.64. The van der Waals surface area contributed by atoms with E-state index in [0.29, 0.717) is 17.0 Å². The normalized spacial score (nSPS) is 15.5. The molecule has 1 aromatic carbocycles. The highest BCUT2D eigenvalue weighted by Gasteiger charge is 2.23. The van der Waals surface area contributed by atoms with E-state index in [9.17, 15) is 9.59 Å². The number of hydrogen-bond donors (Lipinski definition) is 1. The zero-order chi connectivity index (χ0) is 16.8. The average molecular weight is 317 g/mol. The lowest BCUT2D eigenvalue weighted by atomic mass is 9.93. The van der Waals surface area contributed by atoms with Gasteiger partial charge in [-0.1, -0.05) is 6.07 Å². The lowest BCUT2D eigenvalue weighted by molar-refractivity contribution is 0.0687. The molecule has 2 rings (SSSR count). The summed E-state index contributed by atoms with van der Waals surface area (Å²) in [5, 5.41) is 3.18. The van der Waals surface area contributed by atoms with Gasteiger partial charge in [0.1, 0.15) is 0 Å². The van der Waals surface area contributed by atoms with E-state index in [2.05, 4.69) is 5.32 Å². The number of nitrogens with zero attached hydrogens (tertiary/aromatic N) is 2. The first-order chi connectivity index (χ1) is 11.0. The Morgan fingerprint density at radius 1 is 1.22 bits per heavy atom. The van der Waals surface area contributed by atoms with Crippen LogP contribution in [0.25, 0.3) is 0 Å². The number of nitrogens with one attached hydrogen (secondary N) is 1. The van der Waals surface area contributed by atoms with Gasteiger partial charge in [0.15, 0.2) is 0 Å². The maximum absolute atomic E-state index is 12.7. The molecule has 0 spiro atoms. The van der Waals surface area contributed by atoms with E-state index in [-0.39, 0.29) is 11.8 Å². The average Bonchev–Trinajstić information content (AvgIpc) is 2.59. The third-order valence-corrected chi connectivity index (χ3v) is 4.47. The second-order valence-corrected chi connectivity index (χ2v) is 6.41. The molecular weight excluding hydrogens is 290 g/mol. The minimum absolute atomic E-state index is 0.0328. The summed E-state index contributed by atoms with van der Waals surface area (Å²) < 4.78 is 0. The summed E-state index contributed by atoms with van der Waals surface area (Å²) in [6.07, 6.45) is 3.29. The van der Waals surface area contributed by atoms with E-state index >= 15 is 0 Å². The third kappa shape index (κ3) is 4.55. The molecule has 0 bridgehead atoms. The van der Waals surface area contributed by atoms with E-state index in [1.165, 1.54) is 11.3 Å². The van der Waals surface area contributed by atoms with Gasteiger partial charge in [-0.25, -0.2) is 0 Å². The summed E-state index contributed by atoms with van der Waals surface area (Å²) in [6, 6.07) is 7.03. The molecule has 5 nitrogen and oxygen atoms in total. The predicted molar refractivity (Wildman–Crippen MR) is 91.6 cm³/mol. The summed E-state index contributed by atoms with van der Waals surface area (Å²) in [5.41, 5.74) is 1.16. The van der Waals surface area contributed by atoms with Gasteiger partial charge in [0, 0.05) is 38.3 Å². The van der Waals surface area contributed by atoms with Crippen LogP contribution in [0, 0.1) is 5.92 Å². The van der Waals surface area contributed by atoms with E-state index in [1.54, 1.807) is 38.4 Å². The number of carbonyl (C=O) groups is 2. The van der Waals surface area contributed by atoms with Crippen molar-refractivity contribution >= 4 is 11.8 Å². The first kappa shape index (κ1) is 17.5. The van der Waals surface area contributed by atoms with Crippen molar-refractivity contribution < 1.29 is 9.59 Å². The van der Waals surface area contributed by atoms with Crippen molar-refractivity contribution in [1.82, 2.24) is 15.1 Å². The Hall–Kier alpha value is -1.88. The molecule has 1 aromatic rings. The highest BCUT2D eigenvalue weighted by molar-refractivity contribution is 5.99. The standard InChI is InChI=1S/C18H27N3O2/c1-19-10-7-14-8-11-21(12-9-14)18(23)16-6-4-5-15(13-16)17(22)20(2)3/h4-6,13-14,19H,7-12H2,1-3H3. The molecule has 0 unspecified atom stereocenters. The van der Waals surface area contributed by atoms with Crippen molar-refractivity contribution in [3.63, 3.8) is 0 Å². The van der Waals surface area contributed by atoms with Crippen LogP contribution in [-0.2, 0) is 0 Å². The molecule has 0 atom stereocenters. The number of rotatable bonds is 5. The second kappa shape index (κ2) is 8.11. The fraction of sp³-hybridized carbons (Fsp3) is 0.556. The second-order valence-electron chi connectivity index (χ2n) is 6.41. The summed E-state index contributed by atoms with van der Waals surface area (Å²) >= 11 is 0. The van der Waals surface area contributed by atoms with E-state index in [4.69, 9.17) is 0 Å². The van der Waals surface area contributed by atoms with Crippen LogP contribution < -0.4 is 5.32 Å². The Kier molecular flexibility index (Phi) is 6.16. The Morgan fingerprint density at radius 2 is 1.87 bits per heavy atom. The van der Waals surface area contributed by atoms with Gasteiger partial charge in [0.2, 0.25) is 0 Å². The molecule has 0 saturated carbocycles. The summed E-state index contributed by atoms with van der Waals surface area (Å²) in [5.74, 6) is 0.657. The maximum Gasteiger partial charge on any atom is 0.253 e. The molecule has 1 heterocycles. The number of likely N-dealkylation sites (tertiary alicyclic amines) is 1. The Morgan fingerprint density at radius 3 is 2.48 bits per heavy atom. The molecule has 1 fully saturated rings. The predicted octanol–water partition coefficient (Wildman–Crippen LogP) is 1.85. The van der Waals surface area contributed by atoms with E-state index < -0.39 is 0 Å². The Bertz CT molecular complexity index is 549. The van der Waals surface area contributed by atoms with Crippen LogP contribution in [0.15, 0.2) is 24.3 Å². The maximum atomic E-state index is 12.7. The summed E-state index contributed by atoms with van der Waals surface area (Å²) in [4.78, 5) is 28.1. The van der Waals surface area contributed by atoms with Gasteiger partial charge in [-0.3, -0.25) is 9.59 Å².